The molecule has 1 amide bonds. The molecular formula is C15H25NO. The van der Waals surface area contributed by atoms with Crippen LogP contribution in [0, 0.1) is 5.92 Å². The molecule has 2 aliphatic rings. The van der Waals surface area contributed by atoms with E-state index in [9.17, 15) is 4.79 Å². The fourth-order valence-corrected chi connectivity index (χ4v) is 2.95. The molecule has 0 heterocycles. The van der Waals surface area contributed by atoms with Crippen molar-refractivity contribution in [1.82, 2.24) is 5.32 Å². The standard InChI is InChI=1S/C15H25NO/c17-15(13-9-5-4-6-10-13)16-14-11-7-2-1-3-8-12-14/h4-5,13-14H,1-3,6-12H2,(H,16,17). The van der Waals surface area contributed by atoms with Crippen LogP contribution >= 0.6 is 0 Å². The molecule has 1 N–H and O–H groups in total. The maximum absolute atomic E-state index is 12.1. The molecule has 0 spiro atoms. The van der Waals surface area contributed by atoms with Crippen LogP contribution in [-0.2, 0) is 4.79 Å². The summed E-state index contributed by atoms with van der Waals surface area (Å²) in [7, 11) is 0. The molecule has 0 aliphatic heterocycles. The SMILES string of the molecule is O=C(NC1CCCCCCC1)C1CC=CCC1. The normalized spacial score (nSPS) is 27.2. The number of hydrogen-bond acceptors (Lipinski definition) is 1. The molecule has 1 unspecified atom stereocenters. The number of hydrogen-bond donors (Lipinski definition) is 1. The van der Waals surface area contributed by atoms with Crippen LogP contribution in [0.15, 0.2) is 12.2 Å². The van der Waals surface area contributed by atoms with Crippen LogP contribution in [0.1, 0.15) is 64.2 Å². The highest BCUT2D eigenvalue weighted by Crippen LogP contribution is 2.21. The van der Waals surface area contributed by atoms with E-state index in [1.165, 1.54) is 44.9 Å². The molecule has 2 heteroatoms. The van der Waals surface area contributed by atoms with Gasteiger partial charge in [-0.2, -0.15) is 0 Å². The third-order valence-electron chi connectivity index (χ3n) is 4.09. The van der Waals surface area contributed by atoms with Gasteiger partial charge in [-0.3, -0.25) is 4.79 Å². The van der Waals surface area contributed by atoms with E-state index in [1.54, 1.807) is 0 Å². The fraction of sp³-hybridized carbons (Fsp3) is 0.800. The van der Waals surface area contributed by atoms with Crippen LogP contribution < -0.4 is 5.32 Å². The van der Waals surface area contributed by atoms with Crippen LogP contribution in [0.25, 0.3) is 0 Å². The summed E-state index contributed by atoms with van der Waals surface area (Å²) in [5.41, 5.74) is 0. The highest BCUT2D eigenvalue weighted by Gasteiger charge is 2.21. The molecule has 0 saturated heterocycles. The van der Waals surface area contributed by atoms with E-state index in [2.05, 4.69) is 17.5 Å². The Hall–Kier alpha value is -0.790. The van der Waals surface area contributed by atoms with Crippen LogP contribution in [0.4, 0.5) is 0 Å². The molecule has 0 aromatic carbocycles. The first kappa shape index (κ1) is 12.7. The summed E-state index contributed by atoms with van der Waals surface area (Å²) in [6.07, 6.45) is 16.4. The second-order valence-electron chi connectivity index (χ2n) is 5.53. The molecular weight excluding hydrogens is 210 g/mol. The quantitative estimate of drug-likeness (QED) is 0.728. The number of allylic oxidation sites excluding steroid dienone is 2. The summed E-state index contributed by atoms with van der Waals surface area (Å²) in [6.45, 7) is 0. The number of carbonyl (C=O) groups excluding carboxylic acids is 1. The first-order chi connectivity index (χ1) is 8.36. The molecule has 1 atom stereocenters. The summed E-state index contributed by atoms with van der Waals surface area (Å²) in [5, 5.41) is 3.28. The van der Waals surface area contributed by atoms with Crippen molar-refractivity contribution in [3.63, 3.8) is 0 Å². The minimum atomic E-state index is 0.241. The van der Waals surface area contributed by atoms with Crippen molar-refractivity contribution < 1.29 is 4.79 Å². The van der Waals surface area contributed by atoms with Crippen molar-refractivity contribution in [2.45, 2.75) is 70.3 Å². The summed E-state index contributed by atoms with van der Waals surface area (Å²) < 4.78 is 0. The molecule has 2 nitrogen and oxygen atoms in total. The second kappa shape index (κ2) is 6.83. The first-order valence-electron chi connectivity index (χ1n) is 7.31. The molecule has 0 aromatic heterocycles. The van der Waals surface area contributed by atoms with Gasteiger partial charge in [-0.15, -0.1) is 0 Å². The van der Waals surface area contributed by atoms with Crippen LogP contribution in [0.5, 0.6) is 0 Å². The lowest BCUT2D eigenvalue weighted by molar-refractivity contribution is -0.126. The Morgan fingerprint density at radius 1 is 0.941 bits per heavy atom. The van der Waals surface area contributed by atoms with Crippen LogP contribution in [0.2, 0.25) is 0 Å². The number of nitrogens with one attached hydrogen (secondary N) is 1. The second-order valence-corrected chi connectivity index (χ2v) is 5.53. The van der Waals surface area contributed by atoms with E-state index >= 15 is 0 Å². The first-order valence-corrected chi connectivity index (χ1v) is 7.31. The Labute approximate surface area is 105 Å². The van der Waals surface area contributed by atoms with Crippen LogP contribution in [-0.4, -0.2) is 11.9 Å². The van der Waals surface area contributed by atoms with E-state index in [0.717, 1.165) is 19.3 Å². The minimum Gasteiger partial charge on any atom is -0.353 e. The van der Waals surface area contributed by atoms with E-state index < -0.39 is 0 Å². The summed E-state index contributed by atoms with van der Waals surface area (Å²) in [6, 6.07) is 0.453. The lowest BCUT2D eigenvalue weighted by Crippen LogP contribution is -2.39. The van der Waals surface area contributed by atoms with Gasteiger partial charge in [0.15, 0.2) is 0 Å². The average molecular weight is 235 g/mol. The maximum atomic E-state index is 12.1. The van der Waals surface area contributed by atoms with E-state index in [1.807, 2.05) is 0 Å². The predicted molar refractivity (Wildman–Crippen MR) is 70.7 cm³/mol. The number of rotatable bonds is 2. The average Bonchev–Trinajstić information content (AvgIpc) is 2.33. The molecule has 1 fully saturated rings. The molecule has 2 aliphatic carbocycles. The van der Waals surface area contributed by atoms with E-state index in [4.69, 9.17) is 0 Å². The lowest BCUT2D eigenvalue weighted by atomic mass is 9.92. The third kappa shape index (κ3) is 4.18. The van der Waals surface area contributed by atoms with Gasteiger partial charge in [-0.1, -0.05) is 44.3 Å². The van der Waals surface area contributed by atoms with Gasteiger partial charge in [-0.05, 0) is 32.1 Å². The molecule has 0 bridgehead atoms. The van der Waals surface area contributed by atoms with Crippen molar-refractivity contribution in [2.24, 2.45) is 5.92 Å². The predicted octanol–water partition coefficient (Wildman–Crippen LogP) is 3.57. The zero-order chi connectivity index (χ0) is 11.9. The van der Waals surface area contributed by atoms with Gasteiger partial charge in [0.25, 0.3) is 0 Å². The Balaban J connectivity index is 1.77. The maximum Gasteiger partial charge on any atom is 0.223 e. The number of amides is 1. The van der Waals surface area contributed by atoms with Crippen molar-refractivity contribution in [3.05, 3.63) is 12.2 Å². The third-order valence-corrected chi connectivity index (χ3v) is 4.09. The zero-order valence-corrected chi connectivity index (χ0v) is 10.8. The van der Waals surface area contributed by atoms with Gasteiger partial charge in [0.05, 0.1) is 0 Å². The highest BCUT2D eigenvalue weighted by atomic mass is 16.1. The Morgan fingerprint density at radius 2 is 1.65 bits per heavy atom. The molecule has 17 heavy (non-hydrogen) atoms. The summed E-state index contributed by atoms with van der Waals surface area (Å²) in [5.74, 6) is 0.547. The Bertz CT molecular complexity index is 264. The monoisotopic (exact) mass is 235 g/mol. The van der Waals surface area contributed by atoms with E-state index in [-0.39, 0.29) is 5.92 Å². The van der Waals surface area contributed by atoms with E-state index in [0.29, 0.717) is 11.9 Å². The topological polar surface area (TPSA) is 29.1 Å². The van der Waals surface area contributed by atoms with Crippen molar-refractivity contribution in [1.29, 1.82) is 0 Å². The number of carbonyl (C=O) groups is 1. The van der Waals surface area contributed by atoms with Crippen LogP contribution in [0.3, 0.4) is 0 Å². The van der Waals surface area contributed by atoms with Gasteiger partial charge in [0.1, 0.15) is 0 Å². The summed E-state index contributed by atoms with van der Waals surface area (Å²) >= 11 is 0. The van der Waals surface area contributed by atoms with Gasteiger partial charge in [-0.25, -0.2) is 0 Å². The minimum absolute atomic E-state index is 0.241. The Kier molecular flexibility index (Phi) is 5.08. The van der Waals surface area contributed by atoms with Crippen molar-refractivity contribution in [3.8, 4) is 0 Å². The molecule has 1 saturated carbocycles. The fourth-order valence-electron chi connectivity index (χ4n) is 2.95. The van der Waals surface area contributed by atoms with Gasteiger partial charge in [0, 0.05) is 12.0 Å². The van der Waals surface area contributed by atoms with Crippen molar-refractivity contribution >= 4 is 5.91 Å². The molecule has 96 valence electrons. The zero-order valence-electron chi connectivity index (χ0n) is 10.8. The lowest BCUT2D eigenvalue weighted by Gasteiger charge is -2.24. The molecule has 0 aromatic rings. The highest BCUT2D eigenvalue weighted by molar-refractivity contribution is 5.79. The smallest absolute Gasteiger partial charge is 0.223 e. The Morgan fingerprint density at radius 3 is 2.29 bits per heavy atom. The molecule has 2 rings (SSSR count). The largest absolute Gasteiger partial charge is 0.353 e. The van der Waals surface area contributed by atoms with Gasteiger partial charge < -0.3 is 5.32 Å². The molecule has 0 radical (unpaired) electrons. The van der Waals surface area contributed by atoms with Gasteiger partial charge >= 0.3 is 0 Å². The van der Waals surface area contributed by atoms with Gasteiger partial charge in [0.2, 0.25) is 5.91 Å². The van der Waals surface area contributed by atoms with Crippen molar-refractivity contribution in [2.75, 3.05) is 0 Å². The summed E-state index contributed by atoms with van der Waals surface area (Å²) in [4.78, 5) is 12.1.